The minimum Gasteiger partial charge on any atom is -0.351 e. The number of fused-ring (bicyclic) bond motifs is 1. The molecule has 2 aromatic heterocycles. The Morgan fingerprint density at radius 3 is 3.25 bits per heavy atom. The number of hydrogen-bond acceptors (Lipinski definition) is 5. The second kappa shape index (κ2) is 3.97. The van der Waals surface area contributed by atoms with Crippen LogP contribution < -0.4 is 4.90 Å². The van der Waals surface area contributed by atoms with E-state index in [1.54, 1.807) is 10.7 Å². The second-order valence-electron chi connectivity index (χ2n) is 3.86. The zero-order chi connectivity index (χ0) is 11.0. The lowest BCUT2D eigenvalue weighted by molar-refractivity contribution is 0.714. The number of tetrazole rings is 1. The van der Waals surface area contributed by atoms with E-state index in [1.807, 2.05) is 6.20 Å². The number of rotatable bonds is 2. The van der Waals surface area contributed by atoms with Crippen molar-refractivity contribution in [2.75, 3.05) is 16.8 Å². The molecule has 84 valence electrons. The third kappa shape index (κ3) is 1.46. The molecule has 0 radical (unpaired) electrons. The summed E-state index contributed by atoms with van der Waals surface area (Å²) in [4.78, 5) is 6.49. The third-order valence-corrected chi connectivity index (χ3v) is 3.69. The molecule has 16 heavy (non-hydrogen) atoms. The number of nitrogens with zero attached hydrogens (tertiary/aromatic N) is 6. The van der Waals surface area contributed by atoms with Crippen LogP contribution in [0.5, 0.6) is 0 Å². The molecule has 0 aromatic carbocycles. The van der Waals surface area contributed by atoms with Gasteiger partial charge in [0.1, 0.15) is 0 Å². The van der Waals surface area contributed by atoms with E-state index in [0.717, 1.165) is 17.7 Å². The van der Waals surface area contributed by atoms with Gasteiger partial charge in [0.15, 0.2) is 11.5 Å². The molecule has 0 bridgehead atoms. The van der Waals surface area contributed by atoms with E-state index in [4.69, 9.17) is 0 Å². The molecule has 1 atom stereocenters. The van der Waals surface area contributed by atoms with Gasteiger partial charge in [0.2, 0.25) is 0 Å². The minimum absolute atomic E-state index is 0.511. The largest absolute Gasteiger partial charge is 0.351 e. The molecule has 1 aliphatic heterocycles. The summed E-state index contributed by atoms with van der Waals surface area (Å²) in [5.74, 6) is 0.976. The van der Waals surface area contributed by atoms with Gasteiger partial charge in [-0.2, -0.15) is 4.52 Å². The van der Waals surface area contributed by atoms with Gasteiger partial charge in [-0.15, -0.1) is 5.10 Å². The Labute approximate surface area is 101 Å². The Hall–Kier alpha value is -1.24. The molecule has 6 nitrogen and oxygen atoms in total. The first-order valence-corrected chi connectivity index (χ1v) is 6.37. The second-order valence-corrected chi connectivity index (χ2v) is 4.51. The summed E-state index contributed by atoms with van der Waals surface area (Å²) in [5, 5.41) is 12.5. The molecule has 1 aliphatic rings. The van der Waals surface area contributed by atoms with Crippen LogP contribution in [0.2, 0.25) is 0 Å². The lowest BCUT2D eigenvalue weighted by Gasteiger charge is -2.24. The highest BCUT2D eigenvalue weighted by Gasteiger charge is 2.26. The van der Waals surface area contributed by atoms with Crippen LogP contribution in [-0.2, 0) is 0 Å². The van der Waals surface area contributed by atoms with Gasteiger partial charge in [-0.1, -0.05) is 15.9 Å². The molecular formula is C9H11BrN6. The molecule has 0 N–H and O–H groups in total. The van der Waals surface area contributed by atoms with Crippen LogP contribution in [0.25, 0.3) is 5.65 Å². The van der Waals surface area contributed by atoms with Crippen molar-refractivity contribution in [1.82, 2.24) is 25.0 Å². The van der Waals surface area contributed by atoms with E-state index in [9.17, 15) is 0 Å². The third-order valence-electron chi connectivity index (χ3n) is 2.94. The lowest BCUT2D eigenvalue weighted by Crippen LogP contribution is -2.32. The van der Waals surface area contributed by atoms with Crippen LogP contribution in [0.3, 0.4) is 0 Å². The van der Waals surface area contributed by atoms with Gasteiger partial charge in [0.05, 0.1) is 12.4 Å². The highest BCUT2D eigenvalue weighted by atomic mass is 79.9. The summed E-state index contributed by atoms with van der Waals surface area (Å²) in [5.41, 5.74) is 0.692. The van der Waals surface area contributed by atoms with Crippen LogP contribution in [0.1, 0.15) is 12.8 Å². The predicted molar refractivity (Wildman–Crippen MR) is 62.7 cm³/mol. The summed E-state index contributed by atoms with van der Waals surface area (Å²) < 4.78 is 1.74. The van der Waals surface area contributed by atoms with E-state index in [-0.39, 0.29) is 0 Å². The molecule has 7 heteroatoms. The number of hydrogen-bond donors (Lipinski definition) is 0. The Balaban J connectivity index is 2.07. The summed E-state index contributed by atoms with van der Waals surface area (Å²) in [6.07, 6.45) is 5.89. The molecule has 1 saturated heterocycles. The smallest absolute Gasteiger partial charge is 0.199 e. The molecule has 0 amide bonds. The molecule has 0 spiro atoms. The topological polar surface area (TPSA) is 59.2 Å². The van der Waals surface area contributed by atoms with Crippen molar-refractivity contribution in [2.45, 2.75) is 18.9 Å². The predicted octanol–water partition coefficient (Wildman–Crippen LogP) is 0.883. The lowest BCUT2D eigenvalue weighted by atomic mass is 10.2. The van der Waals surface area contributed by atoms with Crippen molar-refractivity contribution in [3.63, 3.8) is 0 Å². The van der Waals surface area contributed by atoms with Crippen molar-refractivity contribution in [1.29, 1.82) is 0 Å². The molecule has 1 fully saturated rings. The van der Waals surface area contributed by atoms with E-state index in [2.05, 4.69) is 41.3 Å². The van der Waals surface area contributed by atoms with Crippen molar-refractivity contribution in [3.05, 3.63) is 12.4 Å². The van der Waals surface area contributed by atoms with Crippen LogP contribution in [-0.4, -0.2) is 42.9 Å². The highest BCUT2D eigenvalue weighted by molar-refractivity contribution is 9.09. The maximum Gasteiger partial charge on any atom is 0.199 e. The first-order valence-electron chi connectivity index (χ1n) is 5.25. The monoisotopic (exact) mass is 282 g/mol. The number of halogens is 1. The first-order chi connectivity index (χ1) is 7.90. The van der Waals surface area contributed by atoms with Crippen molar-refractivity contribution in [3.8, 4) is 0 Å². The summed E-state index contributed by atoms with van der Waals surface area (Å²) in [6, 6.07) is 0.511. The van der Waals surface area contributed by atoms with Gasteiger partial charge >= 0.3 is 0 Å². The maximum atomic E-state index is 4.18. The Morgan fingerprint density at radius 1 is 1.44 bits per heavy atom. The molecular weight excluding hydrogens is 272 g/mol. The van der Waals surface area contributed by atoms with Gasteiger partial charge in [0.25, 0.3) is 0 Å². The van der Waals surface area contributed by atoms with E-state index < -0.39 is 0 Å². The molecule has 1 unspecified atom stereocenters. The summed E-state index contributed by atoms with van der Waals surface area (Å²) >= 11 is 3.55. The molecule has 3 heterocycles. The van der Waals surface area contributed by atoms with Crippen LogP contribution >= 0.6 is 15.9 Å². The Kier molecular flexibility index (Phi) is 2.47. The minimum atomic E-state index is 0.511. The van der Waals surface area contributed by atoms with Gasteiger partial charge in [-0.3, -0.25) is 4.98 Å². The van der Waals surface area contributed by atoms with Crippen LogP contribution in [0.4, 0.5) is 5.82 Å². The molecule has 0 saturated carbocycles. The number of aromatic nitrogens is 5. The maximum absolute atomic E-state index is 4.18. The van der Waals surface area contributed by atoms with Gasteiger partial charge in [-0.05, 0) is 23.3 Å². The van der Waals surface area contributed by atoms with Crippen LogP contribution in [0, 0.1) is 0 Å². The molecule has 0 aliphatic carbocycles. The average Bonchev–Trinajstić information content (AvgIpc) is 2.96. The van der Waals surface area contributed by atoms with Gasteiger partial charge in [-0.25, -0.2) is 0 Å². The molecule has 2 aromatic rings. The molecule has 3 rings (SSSR count). The standard InChI is InChI=1S/C9H11BrN6/c10-4-7-2-1-3-15(7)9-6-11-5-8-12-13-14-16(8)9/h5-7H,1-4H2. The zero-order valence-electron chi connectivity index (χ0n) is 8.62. The average molecular weight is 283 g/mol. The zero-order valence-corrected chi connectivity index (χ0v) is 10.2. The van der Waals surface area contributed by atoms with Gasteiger partial charge < -0.3 is 4.90 Å². The fourth-order valence-electron chi connectivity index (χ4n) is 2.16. The fraction of sp³-hybridized carbons (Fsp3) is 0.556. The first kappa shape index (κ1) is 9.95. The summed E-state index contributed by atoms with van der Waals surface area (Å²) in [6.45, 7) is 1.04. The highest BCUT2D eigenvalue weighted by Crippen LogP contribution is 2.25. The normalized spacial score (nSPS) is 20.8. The van der Waals surface area contributed by atoms with E-state index in [1.165, 1.54) is 12.8 Å². The Morgan fingerprint density at radius 2 is 2.38 bits per heavy atom. The Bertz CT molecular complexity index is 497. The number of alkyl halides is 1. The van der Waals surface area contributed by atoms with Crippen LogP contribution in [0.15, 0.2) is 12.4 Å². The van der Waals surface area contributed by atoms with E-state index >= 15 is 0 Å². The number of anilines is 1. The SMILES string of the molecule is BrCC1CCCN1c1cncc2nnnn12. The summed E-state index contributed by atoms with van der Waals surface area (Å²) in [7, 11) is 0. The van der Waals surface area contributed by atoms with Crippen molar-refractivity contribution >= 4 is 27.4 Å². The van der Waals surface area contributed by atoms with E-state index in [0.29, 0.717) is 11.7 Å². The quantitative estimate of drug-likeness (QED) is 0.766. The van der Waals surface area contributed by atoms with Crippen molar-refractivity contribution in [2.24, 2.45) is 0 Å². The van der Waals surface area contributed by atoms with Gasteiger partial charge in [0, 0.05) is 17.9 Å². The van der Waals surface area contributed by atoms with Crippen molar-refractivity contribution < 1.29 is 0 Å². The fourth-order valence-corrected chi connectivity index (χ4v) is 2.83.